The zero-order valence-corrected chi connectivity index (χ0v) is 13.0. The van der Waals surface area contributed by atoms with Crippen LogP contribution in [-0.4, -0.2) is 32.2 Å². The molecular formula is C17H17N5O2. The van der Waals surface area contributed by atoms with E-state index in [-0.39, 0.29) is 11.5 Å². The van der Waals surface area contributed by atoms with Crippen LogP contribution >= 0.6 is 0 Å². The Balaban J connectivity index is 1.40. The van der Waals surface area contributed by atoms with Gasteiger partial charge >= 0.3 is 0 Å². The molecule has 0 bridgehead atoms. The van der Waals surface area contributed by atoms with Gasteiger partial charge in [-0.05, 0) is 37.1 Å². The second-order valence-electron chi connectivity index (χ2n) is 5.98. The molecule has 0 saturated heterocycles. The first kappa shape index (κ1) is 14.6. The summed E-state index contributed by atoms with van der Waals surface area (Å²) in [6.07, 6.45) is 3.87. The van der Waals surface area contributed by atoms with Crippen molar-refractivity contribution in [2.45, 2.75) is 25.3 Å². The monoisotopic (exact) mass is 323 g/mol. The van der Waals surface area contributed by atoms with Gasteiger partial charge in [0.15, 0.2) is 0 Å². The van der Waals surface area contributed by atoms with Gasteiger partial charge in [-0.15, -0.1) is 0 Å². The van der Waals surface area contributed by atoms with Crippen molar-refractivity contribution in [3.8, 4) is 0 Å². The Morgan fingerprint density at radius 2 is 2.17 bits per heavy atom. The lowest BCUT2D eigenvalue weighted by Crippen LogP contribution is -2.32. The molecule has 3 aromatic rings. The molecular weight excluding hydrogens is 306 g/mol. The SMILES string of the molecule is O=C(NCCn1nc(C2CC2)ccc1=O)c1ccc2nc[nH]c2c1. The van der Waals surface area contributed by atoms with E-state index in [0.717, 1.165) is 29.6 Å². The van der Waals surface area contributed by atoms with Gasteiger partial charge in [-0.3, -0.25) is 9.59 Å². The molecule has 0 unspecified atom stereocenters. The molecule has 4 rings (SSSR count). The van der Waals surface area contributed by atoms with Gasteiger partial charge in [0.25, 0.3) is 11.5 Å². The Kier molecular flexibility index (Phi) is 3.60. The van der Waals surface area contributed by atoms with Crippen LogP contribution in [0.2, 0.25) is 0 Å². The van der Waals surface area contributed by atoms with Crippen LogP contribution in [0.1, 0.15) is 34.8 Å². The number of hydrogen-bond acceptors (Lipinski definition) is 4. The number of carbonyl (C=O) groups is 1. The van der Waals surface area contributed by atoms with Gasteiger partial charge in [-0.25, -0.2) is 9.67 Å². The summed E-state index contributed by atoms with van der Waals surface area (Å²) in [5.41, 5.74) is 3.01. The molecule has 2 N–H and O–H groups in total. The van der Waals surface area contributed by atoms with Crippen LogP contribution in [0, 0.1) is 0 Å². The van der Waals surface area contributed by atoms with E-state index in [4.69, 9.17) is 0 Å². The molecule has 0 radical (unpaired) electrons. The molecule has 1 saturated carbocycles. The molecule has 0 atom stereocenters. The van der Waals surface area contributed by atoms with Crippen LogP contribution in [-0.2, 0) is 6.54 Å². The van der Waals surface area contributed by atoms with Crippen molar-refractivity contribution < 1.29 is 4.79 Å². The lowest BCUT2D eigenvalue weighted by atomic mass is 10.2. The topological polar surface area (TPSA) is 92.7 Å². The highest BCUT2D eigenvalue weighted by Gasteiger charge is 2.25. The number of nitrogens with one attached hydrogen (secondary N) is 2. The van der Waals surface area contributed by atoms with E-state index in [9.17, 15) is 9.59 Å². The second-order valence-corrected chi connectivity index (χ2v) is 5.98. The minimum absolute atomic E-state index is 0.146. The first-order valence-electron chi connectivity index (χ1n) is 8.00. The predicted octanol–water partition coefficient (Wildman–Crippen LogP) is 1.43. The molecule has 0 aliphatic heterocycles. The minimum Gasteiger partial charge on any atom is -0.350 e. The van der Waals surface area contributed by atoms with Gasteiger partial charge in [0.1, 0.15) is 0 Å². The van der Waals surface area contributed by atoms with E-state index in [1.54, 1.807) is 36.7 Å². The number of rotatable bonds is 5. The molecule has 7 nitrogen and oxygen atoms in total. The lowest BCUT2D eigenvalue weighted by molar-refractivity contribution is 0.0952. The second kappa shape index (κ2) is 5.92. The van der Waals surface area contributed by atoms with Gasteiger partial charge in [0.2, 0.25) is 0 Å². The first-order chi connectivity index (χ1) is 11.7. The smallest absolute Gasteiger partial charge is 0.266 e. The van der Waals surface area contributed by atoms with Crippen molar-refractivity contribution in [1.29, 1.82) is 0 Å². The van der Waals surface area contributed by atoms with Crippen LogP contribution in [0.5, 0.6) is 0 Å². The number of nitrogens with zero attached hydrogens (tertiary/aromatic N) is 3. The zero-order chi connectivity index (χ0) is 16.5. The molecule has 2 aromatic heterocycles. The number of H-pyrrole nitrogens is 1. The molecule has 1 aromatic carbocycles. The van der Waals surface area contributed by atoms with E-state index in [1.807, 2.05) is 0 Å². The average molecular weight is 323 g/mol. The predicted molar refractivity (Wildman–Crippen MR) is 88.9 cm³/mol. The summed E-state index contributed by atoms with van der Waals surface area (Å²) >= 11 is 0. The van der Waals surface area contributed by atoms with Crippen molar-refractivity contribution in [3.05, 3.63) is 58.3 Å². The summed E-state index contributed by atoms with van der Waals surface area (Å²) in [6, 6.07) is 8.64. The fraction of sp³-hybridized carbons (Fsp3) is 0.294. The van der Waals surface area contributed by atoms with Gasteiger partial charge in [0, 0.05) is 24.1 Å². The highest BCUT2D eigenvalue weighted by molar-refractivity contribution is 5.97. The first-order valence-corrected chi connectivity index (χ1v) is 8.00. The summed E-state index contributed by atoms with van der Waals surface area (Å²) in [4.78, 5) is 31.2. The van der Waals surface area contributed by atoms with Gasteiger partial charge < -0.3 is 10.3 Å². The molecule has 7 heteroatoms. The van der Waals surface area contributed by atoms with Crippen LogP contribution in [0.15, 0.2) is 41.5 Å². The fourth-order valence-electron chi connectivity index (χ4n) is 2.68. The summed E-state index contributed by atoms with van der Waals surface area (Å²) < 4.78 is 1.42. The molecule has 1 aliphatic carbocycles. The van der Waals surface area contributed by atoms with Crippen molar-refractivity contribution in [1.82, 2.24) is 25.1 Å². The third-order valence-electron chi connectivity index (χ3n) is 4.17. The molecule has 1 fully saturated rings. The van der Waals surface area contributed by atoms with Gasteiger partial charge in [0.05, 0.1) is 29.6 Å². The average Bonchev–Trinajstić information content (AvgIpc) is 3.33. The third-order valence-corrected chi connectivity index (χ3v) is 4.17. The van der Waals surface area contributed by atoms with Crippen molar-refractivity contribution >= 4 is 16.9 Å². The number of aromatic nitrogens is 4. The van der Waals surface area contributed by atoms with Gasteiger partial charge in [-0.1, -0.05) is 0 Å². The van der Waals surface area contributed by atoms with E-state index in [2.05, 4.69) is 20.4 Å². The quantitative estimate of drug-likeness (QED) is 0.743. The van der Waals surface area contributed by atoms with Crippen LogP contribution in [0.25, 0.3) is 11.0 Å². The Labute approximate surface area is 137 Å². The Morgan fingerprint density at radius 1 is 1.29 bits per heavy atom. The van der Waals surface area contributed by atoms with Crippen molar-refractivity contribution in [2.24, 2.45) is 0 Å². The van der Waals surface area contributed by atoms with Gasteiger partial charge in [-0.2, -0.15) is 5.10 Å². The number of aromatic amines is 1. The maximum Gasteiger partial charge on any atom is 0.266 e. The van der Waals surface area contributed by atoms with E-state index < -0.39 is 0 Å². The lowest BCUT2D eigenvalue weighted by Gasteiger charge is -2.08. The number of amides is 1. The number of fused-ring (bicyclic) bond motifs is 1. The van der Waals surface area contributed by atoms with E-state index >= 15 is 0 Å². The van der Waals surface area contributed by atoms with Crippen LogP contribution in [0.4, 0.5) is 0 Å². The molecule has 0 spiro atoms. The Bertz CT molecular complexity index is 955. The largest absolute Gasteiger partial charge is 0.350 e. The summed E-state index contributed by atoms with van der Waals surface area (Å²) in [5.74, 6) is 0.311. The zero-order valence-electron chi connectivity index (χ0n) is 13.0. The van der Waals surface area contributed by atoms with Crippen molar-refractivity contribution in [2.75, 3.05) is 6.54 Å². The molecule has 2 heterocycles. The highest BCUT2D eigenvalue weighted by Crippen LogP contribution is 2.38. The number of hydrogen-bond donors (Lipinski definition) is 2. The maximum absolute atomic E-state index is 12.2. The minimum atomic E-state index is -0.183. The van der Waals surface area contributed by atoms with Crippen LogP contribution in [0.3, 0.4) is 0 Å². The standard InChI is InChI=1S/C17H17N5O2/c23-16-6-5-13(11-1-2-11)21-22(16)8-7-18-17(24)12-3-4-14-15(9-12)20-10-19-14/h3-6,9-11H,1-2,7-8H2,(H,18,24)(H,19,20). The number of carbonyl (C=O) groups excluding carboxylic acids is 1. The molecule has 24 heavy (non-hydrogen) atoms. The summed E-state index contributed by atoms with van der Waals surface area (Å²) in [5, 5.41) is 7.20. The summed E-state index contributed by atoms with van der Waals surface area (Å²) in [6.45, 7) is 0.707. The number of imidazole rings is 1. The van der Waals surface area contributed by atoms with Crippen LogP contribution < -0.4 is 10.9 Å². The Hall–Kier alpha value is -2.96. The highest BCUT2D eigenvalue weighted by atomic mass is 16.1. The Morgan fingerprint density at radius 3 is 3.00 bits per heavy atom. The number of benzene rings is 1. The van der Waals surface area contributed by atoms with E-state index in [0.29, 0.717) is 24.6 Å². The van der Waals surface area contributed by atoms with Crippen molar-refractivity contribution in [3.63, 3.8) is 0 Å². The fourth-order valence-corrected chi connectivity index (χ4v) is 2.68. The molecule has 1 aliphatic rings. The molecule has 1 amide bonds. The summed E-state index contributed by atoms with van der Waals surface area (Å²) in [7, 11) is 0. The maximum atomic E-state index is 12.2. The normalized spacial score (nSPS) is 14.0. The molecule has 122 valence electrons. The van der Waals surface area contributed by atoms with E-state index in [1.165, 1.54) is 4.68 Å². The third kappa shape index (κ3) is 2.92.